The van der Waals surface area contributed by atoms with Crippen molar-refractivity contribution >= 4 is 6.03 Å². The summed E-state index contributed by atoms with van der Waals surface area (Å²) in [6, 6.07) is 17.5. The van der Waals surface area contributed by atoms with E-state index in [1.165, 1.54) is 5.56 Å². The van der Waals surface area contributed by atoms with Crippen LogP contribution in [0, 0.1) is 0 Å². The zero-order valence-corrected chi connectivity index (χ0v) is 13.0. The van der Waals surface area contributed by atoms with Gasteiger partial charge in [-0.25, -0.2) is 4.79 Å². The highest BCUT2D eigenvalue weighted by Gasteiger charge is 2.31. The molecule has 0 aliphatic heterocycles. The summed E-state index contributed by atoms with van der Waals surface area (Å²) < 4.78 is 0. The molecule has 23 heavy (non-hydrogen) atoms. The third kappa shape index (κ3) is 3.90. The summed E-state index contributed by atoms with van der Waals surface area (Å²) in [6.07, 6.45) is 1.87. The van der Waals surface area contributed by atoms with Crippen LogP contribution in [-0.2, 0) is 12.8 Å². The Labute approximate surface area is 136 Å². The summed E-state index contributed by atoms with van der Waals surface area (Å²) >= 11 is 0. The number of carbonyl (C=O) groups is 1. The Kier molecular flexibility index (Phi) is 4.93. The Balaban J connectivity index is 1.45. The molecule has 2 aromatic rings. The van der Waals surface area contributed by atoms with Crippen molar-refractivity contribution in [3.63, 3.8) is 0 Å². The maximum Gasteiger partial charge on any atom is 0.315 e. The smallest absolute Gasteiger partial charge is 0.315 e. The van der Waals surface area contributed by atoms with Gasteiger partial charge in [0, 0.05) is 13.0 Å². The average molecular weight is 310 g/mol. The molecule has 2 atom stereocenters. The molecule has 0 fully saturated rings. The Bertz CT molecular complexity index is 657. The fraction of sp³-hybridized carbons (Fsp3) is 0.316. The van der Waals surface area contributed by atoms with Crippen LogP contribution in [0.5, 0.6) is 0 Å². The summed E-state index contributed by atoms with van der Waals surface area (Å²) in [4.78, 5) is 12.0. The third-order valence-corrected chi connectivity index (χ3v) is 4.26. The van der Waals surface area contributed by atoms with Crippen molar-refractivity contribution in [1.82, 2.24) is 10.6 Å². The van der Waals surface area contributed by atoms with Crippen LogP contribution in [-0.4, -0.2) is 23.8 Å². The van der Waals surface area contributed by atoms with Gasteiger partial charge in [0.15, 0.2) is 0 Å². The molecule has 2 amide bonds. The summed E-state index contributed by atoms with van der Waals surface area (Å²) in [5, 5.41) is 15.9. The zero-order chi connectivity index (χ0) is 16.1. The fourth-order valence-corrected chi connectivity index (χ4v) is 3.08. The molecule has 3 N–H and O–H groups in total. The van der Waals surface area contributed by atoms with Crippen LogP contribution >= 0.6 is 0 Å². The molecule has 3 rings (SSSR count). The predicted octanol–water partition coefficient (Wildman–Crippen LogP) is 2.58. The van der Waals surface area contributed by atoms with Gasteiger partial charge in [0.2, 0.25) is 0 Å². The molecule has 1 aliphatic rings. The lowest BCUT2D eigenvalue weighted by atomic mass is 10.1. The maximum absolute atomic E-state index is 12.0. The summed E-state index contributed by atoms with van der Waals surface area (Å²) in [5.74, 6) is 0. The number of carbonyl (C=O) groups excluding carboxylic acids is 1. The molecule has 0 saturated carbocycles. The number of hydrogen-bond acceptors (Lipinski definition) is 2. The molecular formula is C19H22N2O2. The number of amides is 2. The van der Waals surface area contributed by atoms with Crippen molar-refractivity contribution in [2.24, 2.45) is 0 Å². The van der Waals surface area contributed by atoms with Gasteiger partial charge in [-0.15, -0.1) is 0 Å². The van der Waals surface area contributed by atoms with Gasteiger partial charge in [-0.3, -0.25) is 0 Å². The summed E-state index contributed by atoms with van der Waals surface area (Å²) in [5.41, 5.74) is 3.39. The zero-order valence-electron chi connectivity index (χ0n) is 13.0. The van der Waals surface area contributed by atoms with E-state index in [1.807, 2.05) is 42.5 Å². The predicted molar refractivity (Wildman–Crippen MR) is 90.2 cm³/mol. The molecule has 0 radical (unpaired) electrons. The van der Waals surface area contributed by atoms with E-state index in [9.17, 15) is 9.90 Å². The van der Waals surface area contributed by atoms with Gasteiger partial charge in [0.25, 0.3) is 0 Å². The Morgan fingerprint density at radius 3 is 2.65 bits per heavy atom. The number of urea groups is 1. The van der Waals surface area contributed by atoms with Crippen LogP contribution in [0.25, 0.3) is 0 Å². The molecule has 0 saturated heterocycles. The molecule has 2 aromatic carbocycles. The highest BCUT2D eigenvalue weighted by molar-refractivity contribution is 5.74. The number of nitrogens with one attached hydrogen (secondary N) is 2. The number of rotatable bonds is 5. The highest BCUT2D eigenvalue weighted by atomic mass is 16.3. The SMILES string of the molecule is O=C(NCCCc1ccccc1)NC1c2ccccc2CC1O. The van der Waals surface area contributed by atoms with Crippen LogP contribution in [0.15, 0.2) is 54.6 Å². The van der Waals surface area contributed by atoms with Gasteiger partial charge in [-0.05, 0) is 29.5 Å². The first-order valence-electron chi connectivity index (χ1n) is 8.08. The van der Waals surface area contributed by atoms with E-state index in [1.54, 1.807) is 0 Å². The van der Waals surface area contributed by atoms with Gasteiger partial charge in [0.1, 0.15) is 0 Å². The van der Waals surface area contributed by atoms with Gasteiger partial charge in [-0.1, -0.05) is 54.6 Å². The number of fused-ring (bicyclic) bond motifs is 1. The summed E-state index contributed by atoms with van der Waals surface area (Å²) in [7, 11) is 0. The maximum atomic E-state index is 12.0. The van der Waals surface area contributed by atoms with Crippen molar-refractivity contribution < 1.29 is 9.90 Å². The first-order valence-corrected chi connectivity index (χ1v) is 8.08. The van der Waals surface area contributed by atoms with Crippen LogP contribution in [0.2, 0.25) is 0 Å². The number of aliphatic hydroxyl groups excluding tert-OH is 1. The number of aliphatic hydroxyl groups is 1. The monoisotopic (exact) mass is 310 g/mol. The van der Waals surface area contributed by atoms with Gasteiger partial charge < -0.3 is 15.7 Å². The van der Waals surface area contributed by atoms with E-state index in [0.717, 1.165) is 24.0 Å². The first-order chi connectivity index (χ1) is 11.2. The number of aryl methyl sites for hydroxylation is 1. The van der Waals surface area contributed by atoms with E-state index in [4.69, 9.17) is 0 Å². The second-order valence-electron chi connectivity index (χ2n) is 5.94. The lowest BCUT2D eigenvalue weighted by Crippen LogP contribution is -2.41. The molecule has 4 heteroatoms. The van der Waals surface area contributed by atoms with Crippen molar-refractivity contribution in [2.75, 3.05) is 6.54 Å². The van der Waals surface area contributed by atoms with Gasteiger partial charge in [0.05, 0.1) is 12.1 Å². The lowest BCUT2D eigenvalue weighted by molar-refractivity contribution is 0.142. The van der Waals surface area contributed by atoms with Crippen LogP contribution in [0.1, 0.15) is 29.2 Å². The largest absolute Gasteiger partial charge is 0.390 e. The Morgan fingerprint density at radius 2 is 1.83 bits per heavy atom. The molecule has 0 spiro atoms. The third-order valence-electron chi connectivity index (χ3n) is 4.26. The average Bonchev–Trinajstić information content (AvgIpc) is 2.88. The van der Waals surface area contributed by atoms with E-state index < -0.39 is 6.10 Å². The number of benzene rings is 2. The van der Waals surface area contributed by atoms with E-state index >= 15 is 0 Å². The minimum absolute atomic E-state index is 0.223. The Hall–Kier alpha value is -2.33. The van der Waals surface area contributed by atoms with Gasteiger partial charge in [-0.2, -0.15) is 0 Å². The molecule has 120 valence electrons. The van der Waals surface area contributed by atoms with Crippen molar-refractivity contribution in [3.8, 4) is 0 Å². The lowest BCUT2D eigenvalue weighted by Gasteiger charge is -2.18. The van der Waals surface area contributed by atoms with Crippen molar-refractivity contribution in [3.05, 3.63) is 71.3 Å². The van der Waals surface area contributed by atoms with Gasteiger partial charge >= 0.3 is 6.03 Å². The fourth-order valence-electron chi connectivity index (χ4n) is 3.08. The molecule has 4 nitrogen and oxygen atoms in total. The second-order valence-corrected chi connectivity index (χ2v) is 5.94. The topological polar surface area (TPSA) is 61.4 Å². The molecular weight excluding hydrogens is 288 g/mol. The summed E-state index contributed by atoms with van der Waals surface area (Å²) in [6.45, 7) is 0.616. The van der Waals surface area contributed by atoms with Crippen LogP contribution in [0.3, 0.4) is 0 Å². The van der Waals surface area contributed by atoms with Crippen LogP contribution < -0.4 is 10.6 Å². The molecule has 2 unspecified atom stereocenters. The standard InChI is InChI=1S/C19H22N2O2/c22-17-13-15-10-4-5-11-16(15)18(17)21-19(23)20-12-6-9-14-7-2-1-3-8-14/h1-5,7-8,10-11,17-18,22H,6,9,12-13H2,(H2,20,21,23). The first kappa shape index (κ1) is 15.6. The second kappa shape index (κ2) is 7.29. The minimum atomic E-state index is -0.553. The Morgan fingerprint density at radius 1 is 1.09 bits per heavy atom. The van der Waals surface area contributed by atoms with E-state index in [0.29, 0.717) is 13.0 Å². The van der Waals surface area contributed by atoms with E-state index in [2.05, 4.69) is 22.8 Å². The van der Waals surface area contributed by atoms with Crippen molar-refractivity contribution in [1.29, 1.82) is 0 Å². The molecule has 1 aliphatic carbocycles. The highest BCUT2D eigenvalue weighted by Crippen LogP contribution is 2.30. The van der Waals surface area contributed by atoms with E-state index in [-0.39, 0.29) is 12.1 Å². The quantitative estimate of drug-likeness (QED) is 0.743. The molecule has 0 heterocycles. The molecule has 0 aromatic heterocycles. The minimum Gasteiger partial charge on any atom is -0.390 e. The molecule has 0 bridgehead atoms. The normalized spacial score (nSPS) is 19.2. The van der Waals surface area contributed by atoms with Crippen molar-refractivity contribution in [2.45, 2.75) is 31.4 Å². The number of hydrogen-bond donors (Lipinski definition) is 3. The van der Waals surface area contributed by atoms with Crippen LogP contribution in [0.4, 0.5) is 4.79 Å².